The number of benzene rings is 1. The van der Waals surface area contributed by atoms with E-state index in [0.29, 0.717) is 21.9 Å². The summed E-state index contributed by atoms with van der Waals surface area (Å²) in [6.07, 6.45) is 3.87. The van der Waals surface area contributed by atoms with Crippen molar-refractivity contribution in [2.75, 3.05) is 19.5 Å². The van der Waals surface area contributed by atoms with Crippen LogP contribution in [-0.4, -0.2) is 32.1 Å². The Morgan fingerprint density at radius 3 is 2.36 bits per heavy atom. The molecule has 0 aliphatic heterocycles. The number of imide groups is 1. The van der Waals surface area contributed by atoms with E-state index in [-0.39, 0.29) is 5.91 Å². The molecule has 3 amide bonds. The lowest BCUT2D eigenvalue weighted by atomic mass is 10.0. The number of rotatable bonds is 4. The van der Waals surface area contributed by atoms with Crippen molar-refractivity contribution in [3.05, 3.63) is 45.8 Å². The molecule has 28 heavy (non-hydrogen) atoms. The third-order valence-electron chi connectivity index (χ3n) is 4.63. The lowest BCUT2D eigenvalue weighted by Gasteiger charge is -2.09. The zero-order valence-electron chi connectivity index (χ0n) is 15.8. The maximum atomic E-state index is 12.7. The summed E-state index contributed by atoms with van der Waals surface area (Å²) in [4.78, 5) is 38.0. The van der Waals surface area contributed by atoms with Crippen LogP contribution in [0.4, 0.5) is 9.80 Å². The van der Waals surface area contributed by atoms with Gasteiger partial charge < -0.3 is 14.8 Å². The normalized spacial score (nSPS) is 13.1. The van der Waals surface area contributed by atoms with E-state index < -0.39 is 12.0 Å². The molecular formula is C20H22N2O5S. The fraction of sp³-hybridized carbons (Fsp3) is 0.350. The van der Waals surface area contributed by atoms with Crippen molar-refractivity contribution in [1.82, 2.24) is 5.32 Å². The number of fused-ring (bicyclic) bond motifs is 1. The molecule has 148 valence electrons. The van der Waals surface area contributed by atoms with E-state index in [1.54, 1.807) is 31.4 Å². The smallest absolute Gasteiger partial charge is 0.413 e. The van der Waals surface area contributed by atoms with Gasteiger partial charge in [0.15, 0.2) is 0 Å². The summed E-state index contributed by atoms with van der Waals surface area (Å²) in [5.41, 5.74) is 1.71. The number of carbonyl (C=O) groups excluding carboxylic acids is 3. The average Bonchev–Trinajstić information content (AvgIpc) is 2.88. The highest BCUT2D eigenvalue weighted by molar-refractivity contribution is 7.17. The second-order valence-corrected chi connectivity index (χ2v) is 7.50. The molecule has 7 nitrogen and oxygen atoms in total. The molecule has 0 saturated heterocycles. The molecule has 8 heteroatoms. The number of hydrogen-bond acceptors (Lipinski definition) is 6. The van der Waals surface area contributed by atoms with Crippen LogP contribution in [0.15, 0.2) is 24.3 Å². The molecule has 0 bridgehead atoms. The van der Waals surface area contributed by atoms with Gasteiger partial charge in [0.05, 0.1) is 19.8 Å². The van der Waals surface area contributed by atoms with Gasteiger partial charge in [0.25, 0.3) is 11.8 Å². The number of thiophene rings is 1. The van der Waals surface area contributed by atoms with Gasteiger partial charge >= 0.3 is 6.09 Å². The quantitative estimate of drug-likeness (QED) is 0.759. The van der Waals surface area contributed by atoms with Gasteiger partial charge in [-0.05, 0) is 55.5 Å². The van der Waals surface area contributed by atoms with E-state index in [4.69, 9.17) is 4.74 Å². The Morgan fingerprint density at radius 2 is 1.68 bits per heavy atom. The summed E-state index contributed by atoms with van der Waals surface area (Å²) >= 11 is 1.40. The lowest BCUT2D eigenvalue weighted by molar-refractivity contribution is 0.0937. The van der Waals surface area contributed by atoms with Crippen LogP contribution in [0.3, 0.4) is 0 Å². The van der Waals surface area contributed by atoms with Crippen LogP contribution in [-0.2, 0) is 17.6 Å². The topological polar surface area (TPSA) is 93.7 Å². The van der Waals surface area contributed by atoms with Crippen LogP contribution in [0.1, 0.15) is 50.4 Å². The van der Waals surface area contributed by atoms with E-state index in [0.717, 1.165) is 42.5 Å². The van der Waals surface area contributed by atoms with E-state index >= 15 is 0 Å². The third kappa shape index (κ3) is 4.33. The maximum Gasteiger partial charge on any atom is 0.413 e. The van der Waals surface area contributed by atoms with Crippen molar-refractivity contribution < 1.29 is 23.9 Å². The summed E-state index contributed by atoms with van der Waals surface area (Å²) < 4.78 is 9.64. The van der Waals surface area contributed by atoms with E-state index in [1.807, 2.05) is 0 Å². The molecule has 0 fully saturated rings. The van der Waals surface area contributed by atoms with Gasteiger partial charge in [-0.25, -0.2) is 4.79 Å². The fourth-order valence-electron chi connectivity index (χ4n) is 3.19. The van der Waals surface area contributed by atoms with Crippen LogP contribution in [0.5, 0.6) is 5.75 Å². The maximum absolute atomic E-state index is 12.7. The number of hydrogen-bond donors (Lipinski definition) is 2. The molecule has 1 aromatic heterocycles. The van der Waals surface area contributed by atoms with Crippen molar-refractivity contribution in [1.29, 1.82) is 0 Å². The first-order valence-corrected chi connectivity index (χ1v) is 9.84. The Hall–Kier alpha value is -2.87. The second kappa shape index (κ2) is 8.88. The number of alkyl carbamates (subject to hydrolysis) is 1. The third-order valence-corrected chi connectivity index (χ3v) is 5.84. The van der Waals surface area contributed by atoms with Gasteiger partial charge in [-0.1, -0.05) is 6.42 Å². The minimum atomic E-state index is -0.828. The summed E-state index contributed by atoms with van der Waals surface area (Å²) in [6, 6.07) is 6.70. The summed E-state index contributed by atoms with van der Waals surface area (Å²) in [7, 11) is 2.75. The molecule has 1 aliphatic carbocycles. The first-order valence-electron chi connectivity index (χ1n) is 9.02. The van der Waals surface area contributed by atoms with Gasteiger partial charge in [0, 0.05) is 10.4 Å². The molecule has 0 spiro atoms. The fourth-order valence-corrected chi connectivity index (χ4v) is 4.48. The Balaban J connectivity index is 1.91. The Bertz CT molecular complexity index is 889. The van der Waals surface area contributed by atoms with Gasteiger partial charge in [-0.15, -0.1) is 11.3 Å². The molecule has 3 rings (SSSR count). The Labute approximate surface area is 167 Å². The number of methoxy groups -OCH3 is 2. The summed E-state index contributed by atoms with van der Waals surface area (Å²) in [5, 5.41) is 5.50. The predicted molar refractivity (Wildman–Crippen MR) is 106 cm³/mol. The SMILES string of the molecule is COC(=O)NC(=O)c1c(NC(=O)c2ccc(OC)cc2)sc2c1CCCCC2. The molecule has 1 aliphatic rings. The van der Waals surface area contributed by atoms with E-state index in [9.17, 15) is 14.4 Å². The number of ether oxygens (including phenoxy) is 2. The van der Waals surface area contributed by atoms with Crippen molar-refractivity contribution in [2.24, 2.45) is 0 Å². The minimum absolute atomic E-state index is 0.328. The molecule has 2 N–H and O–H groups in total. The molecule has 0 radical (unpaired) electrons. The van der Waals surface area contributed by atoms with Crippen LogP contribution in [0, 0.1) is 0 Å². The van der Waals surface area contributed by atoms with Crippen LogP contribution in [0.2, 0.25) is 0 Å². The number of amides is 3. The van der Waals surface area contributed by atoms with E-state index in [1.165, 1.54) is 18.4 Å². The number of aryl methyl sites for hydroxylation is 1. The molecular weight excluding hydrogens is 380 g/mol. The number of anilines is 1. The predicted octanol–water partition coefficient (Wildman–Crippen LogP) is 3.77. The zero-order valence-corrected chi connectivity index (χ0v) is 16.6. The average molecular weight is 402 g/mol. The molecule has 2 aromatic rings. The van der Waals surface area contributed by atoms with Gasteiger partial charge in [0.2, 0.25) is 0 Å². The zero-order chi connectivity index (χ0) is 20.1. The van der Waals surface area contributed by atoms with Crippen LogP contribution in [0.25, 0.3) is 0 Å². The monoisotopic (exact) mass is 402 g/mol. The standard InChI is InChI=1S/C20H22N2O5S/c1-26-13-10-8-12(9-11-13)17(23)21-19-16(18(24)22-20(25)27-2)14-6-4-3-5-7-15(14)28-19/h8-11H,3-7H2,1-2H3,(H,21,23)(H,22,24,25). The van der Waals surface area contributed by atoms with Crippen LogP contribution >= 0.6 is 11.3 Å². The first kappa shape index (κ1) is 19.9. The van der Waals surface area contributed by atoms with Crippen LogP contribution < -0.4 is 15.4 Å². The van der Waals surface area contributed by atoms with Crippen molar-refractivity contribution in [3.63, 3.8) is 0 Å². The van der Waals surface area contributed by atoms with Crippen molar-refractivity contribution in [2.45, 2.75) is 32.1 Å². The van der Waals surface area contributed by atoms with Gasteiger partial charge in [-0.3, -0.25) is 14.9 Å². The largest absolute Gasteiger partial charge is 0.497 e. The number of carbonyl (C=O) groups is 3. The minimum Gasteiger partial charge on any atom is -0.497 e. The lowest BCUT2D eigenvalue weighted by Crippen LogP contribution is -2.31. The van der Waals surface area contributed by atoms with Gasteiger partial charge in [-0.2, -0.15) is 0 Å². The molecule has 1 aromatic carbocycles. The molecule has 0 saturated carbocycles. The number of nitrogens with one attached hydrogen (secondary N) is 2. The highest BCUT2D eigenvalue weighted by Crippen LogP contribution is 2.37. The van der Waals surface area contributed by atoms with Crippen molar-refractivity contribution >= 4 is 34.2 Å². The Morgan fingerprint density at radius 1 is 0.964 bits per heavy atom. The molecule has 0 unspecified atom stereocenters. The first-order chi connectivity index (χ1) is 13.5. The van der Waals surface area contributed by atoms with Gasteiger partial charge in [0.1, 0.15) is 10.8 Å². The van der Waals surface area contributed by atoms with Crippen molar-refractivity contribution in [3.8, 4) is 5.75 Å². The molecule has 1 heterocycles. The highest BCUT2D eigenvalue weighted by atomic mass is 32.1. The second-order valence-electron chi connectivity index (χ2n) is 6.40. The van der Waals surface area contributed by atoms with E-state index in [2.05, 4.69) is 15.4 Å². The summed E-state index contributed by atoms with van der Waals surface area (Å²) in [5.74, 6) is -0.236. The highest BCUT2D eigenvalue weighted by Gasteiger charge is 2.27. The molecule has 0 atom stereocenters. The summed E-state index contributed by atoms with van der Waals surface area (Å²) in [6.45, 7) is 0. The Kier molecular flexibility index (Phi) is 6.30.